The monoisotopic (exact) mass is 188 g/mol. The zero-order valence-electron chi connectivity index (χ0n) is 7.86. The molecular weight excluding hydrogens is 176 g/mol. The number of hydrogen-bond acceptors (Lipinski definition) is 3. The molecule has 0 radical (unpaired) electrons. The number of para-hydroxylation sites is 1. The van der Waals surface area contributed by atoms with E-state index in [0.29, 0.717) is 6.42 Å². The van der Waals surface area contributed by atoms with E-state index in [1.807, 2.05) is 18.2 Å². The van der Waals surface area contributed by atoms with Crippen LogP contribution in [0.1, 0.15) is 23.6 Å². The Kier molecular flexibility index (Phi) is 2.38. The van der Waals surface area contributed by atoms with E-state index < -0.39 is 0 Å². The van der Waals surface area contributed by atoms with E-state index in [9.17, 15) is 0 Å². The lowest BCUT2D eigenvalue weighted by Gasteiger charge is -2.12. The van der Waals surface area contributed by atoms with Crippen molar-refractivity contribution in [1.29, 1.82) is 5.26 Å². The molecule has 1 atom stereocenters. The van der Waals surface area contributed by atoms with Gasteiger partial charge in [0, 0.05) is 18.0 Å². The molecule has 1 unspecified atom stereocenters. The summed E-state index contributed by atoms with van der Waals surface area (Å²) >= 11 is 0. The zero-order valence-corrected chi connectivity index (χ0v) is 7.86. The molecule has 0 aliphatic carbocycles. The van der Waals surface area contributed by atoms with Crippen LogP contribution in [0.3, 0.4) is 0 Å². The Morgan fingerprint density at radius 3 is 3.21 bits per heavy atom. The number of ether oxygens (including phenoxy) is 1. The van der Waals surface area contributed by atoms with Crippen LogP contribution in [-0.4, -0.2) is 6.61 Å². The molecule has 0 fully saturated rings. The molecule has 3 heteroatoms. The topological polar surface area (TPSA) is 59.0 Å². The van der Waals surface area contributed by atoms with Gasteiger partial charge < -0.3 is 10.5 Å². The fraction of sp³-hybridized carbons (Fsp3) is 0.364. The lowest BCUT2D eigenvalue weighted by molar-refractivity contribution is 0.351. The zero-order chi connectivity index (χ0) is 9.97. The minimum absolute atomic E-state index is 0.229. The molecular formula is C11H12N2O. The van der Waals surface area contributed by atoms with E-state index in [2.05, 4.69) is 6.07 Å². The summed E-state index contributed by atoms with van der Waals surface area (Å²) in [4.78, 5) is 0. The van der Waals surface area contributed by atoms with Crippen LogP contribution < -0.4 is 10.5 Å². The minimum atomic E-state index is -0.229. The second kappa shape index (κ2) is 3.69. The number of fused-ring (bicyclic) bond motifs is 1. The second-order valence-corrected chi connectivity index (χ2v) is 3.40. The highest BCUT2D eigenvalue weighted by Crippen LogP contribution is 2.33. The molecule has 14 heavy (non-hydrogen) atoms. The Morgan fingerprint density at radius 2 is 2.43 bits per heavy atom. The first-order valence-corrected chi connectivity index (χ1v) is 4.70. The number of nitrogens with two attached hydrogens (primary N) is 1. The molecule has 1 heterocycles. The van der Waals surface area contributed by atoms with E-state index in [1.54, 1.807) is 0 Å². The first-order valence-electron chi connectivity index (χ1n) is 4.70. The summed E-state index contributed by atoms with van der Waals surface area (Å²) < 4.78 is 5.51. The molecule has 0 bridgehead atoms. The van der Waals surface area contributed by atoms with Crippen LogP contribution in [0.2, 0.25) is 0 Å². The summed E-state index contributed by atoms with van der Waals surface area (Å²) in [6, 6.07) is 7.80. The highest BCUT2D eigenvalue weighted by Gasteiger charge is 2.19. The van der Waals surface area contributed by atoms with Crippen molar-refractivity contribution in [1.82, 2.24) is 0 Å². The van der Waals surface area contributed by atoms with Gasteiger partial charge >= 0.3 is 0 Å². The Balaban J connectivity index is 2.35. The maximum atomic E-state index is 8.58. The highest BCUT2D eigenvalue weighted by atomic mass is 16.5. The van der Waals surface area contributed by atoms with Gasteiger partial charge in [0.15, 0.2) is 0 Å². The maximum absolute atomic E-state index is 8.58. The third kappa shape index (κ3) is 1.45. The third-order valence-electron chi connectivity index (χ3n) is 2.46. The molecule has 0 saturated carbocycles. The summed E-state index contributed by atoms with van der Waals surface area (Å²) in [7, 11) is 0. The smallest absolute Gasteiger partial charge is 0.127 e. The van der Waals surface area contributed by atoms with Crippen molar-refractivity contribution in [3.05, 3.63) is 29.3 Å². The Bertz CT molecular complexity index is 381. The third-order valence-corrected chi connectivity index (χ3v) is 2.46. The van der Waals surface area contributed by atoms with Crippen molar-refractivity contribution >= 4 is 0 Å². The molecule has 3 nitrogen and oxygen atoms in total. The molecule has 1 aromatic rings. The molecule has 72 valence electrons. The second-order valence-electron chi connectivity index (χ2n) is 3.40. The Morgan fingerprint density at radius 1 is 1.57 bits per heavy atom. The molecule has 2 N–H and O–H groups in total. The van der Waals surface area contributed by atoms with E-state index in [-0.39, 0.29) is 6.04 Å². The van der Waals surface area contributed by atoms with Gasteiger partial charge in [0.25, 0.3) is 0 Å². The van der Waals surface area contributed by atoms with Crippen LogP contribution in [0.5, 0.6) is 5.75 Å². The van der Waals surface area contributed by atoms with E-state index in [0.717, 1.165) is 24.3 Å². The number of nitrogens with zero attached hydrogens (tertiary/aromatic N) is 1. The van der Waals surface area contributed by atoms with Gasteiger partial charge in [-0.15, -0.1) is 0 Å². The first kappa shape index (κ1) is 9.04. The summed E-state index contributed by atoms with van der Waals surface area (Å²) in [6.45, 7) is 0.728. The fourth-order valence-electron chi connectivity index (χ4n) is 1.74. The van der Waals surface area contributed by atoms with Crippen LogP contribution in [0.4, 0.5) is 0 Å². The Labute approximate surface area is 83.1 Å². The molecule has 0 saturated heterocycles. The van der Waals surface area contributed by atoms with Crippen LogP contribution in [0.15, 0.2) is 18.2 Å². The van der Waals surface area contributed by atoms with Gasteiger partial charge in [-0.3, -0.25) is 0 Å². The quantitative estimate of drug-likeness (QED) is 0.765. The number of hydrogen-bond donors (Lipinski definition) is 1. The molecule has 1 aliphatic rings. The average molecular weight is 188 g/mol. The van der Waals surface area contributed by atoms with Crippen molar-refractivity contribution in [2.75, 3.05) is 6.61 Å². The first-order chi connectivity index (χ1) is 6.83. The van der Waals surface area contributed by atoms with Gasteiger partial charge in [-0.2, -0.15) is 5.26 Å². The van der Waals surface area contributed by atoms with Gasteiger partial charge in [0.1, 0.15) is 5.75 Å². The fourth-order valence-corrected chi connectivity index (χ4v) is 1.74. The molecule has 0 spiro atoms. The van der Waals surface area contributed by atoms with Gasteiger partial charge in [-0.25, -0.2) is 0 Å². The normalized spacial score (nSPS) is 15.4. The van der Waals surface area contributed by atoms with Crippen LogP contribution >= 0.6 is 0 Å². The summed E-state index contributed by atoms with van der Waals surface area (Å²) in [5.74, 6) is 0.898. The lowest BCUT2D eigenvalue weighted by atomic mass is 10.0. The predicted molar refractivity (Wildman–Crippen MR) is 52.8 cm³/mol. The largest absolute Gasteiger partial charge is 0.493 e. The van der Waals surface area contributed by atoms with Gasteiger partial charge in [0.05, 0.1) is 19.1 Å². The van der Waals surface area contributed by atoms with Crippen molar-refractivity contribution in [3.8, 4) is 11.8 Å². The molecule has 1 aliphatic heterocycles. The predicted octanol–water partition coefficient (Wildman–Crippen LogP) is 1.53. The Hall–Kier alpha value is -1.53. The summed E-state index contributed by atoms with van der Waals surface area (Å²) in [6.07, 6.45) is 1.28. The summed E-state index contributed by atoms with van der Waals surface area (Å²) in [5.41, 5.74) is 8.04. The van der Waals surface area contributed by atoms with Gasteiger partial charge in [-0.05, 0) is 5.56 Å². The van der Waals surface area contributed by atoms with Crippen molar-refractivity contribution in [2.45, 2.75) is 18.9 Å². The van der Waals surface area contributed by atoms with E-state index in [4.69, 9.17) is 15.7 Å². The van der Waals surface area contributed by atoms with E-state index in [1.165, 1.54) is 5.56 Å². The van der Waals surface area contributed by atoms with Gasteiger partial charge in [-0.1, -0.05) is 18.2 Å². The van der Waals surface area contributed by atoms with Crippen LogP contribution in [0, 0.1) is 11.3 Å². The van der Waals surface area contributed by atoms with E-state index >= 15 is 0 Å². The van der Waals surface area contributed by atoms with Crippen molar-refractivity contribution in [2.24, 2.45) is 5.73 Å². The summed E-state index contributed by atoms with van der Waals surface area (Å²) in [5, 5.41) is 8.58. The molecule has 0 aromatic heterocycles. The lowest BCUT2D eigenvalue weighted by Crippen LogP contribution is -2.10. The highest BCUT2D eigenvalue weighted by molar-refractivity contribution is 5.45. The van der Waals surface area contributed by atoms with Crippen molar-refractivity contribution < 1.29 is 4.74 Å². The molecule has 1 aromatic carbocycles. The standard InChI is InChI=1S/C11H12N2O/c12-6-4-10(13)9-3-1-2-8-5-7-14-11(8)9/h1-3,10H,4-5,7,13H2. The van der Waals surface area contributed by atoms with Crippen LogP contribution in [-0.2, 0) is 6.42 Å². The molecule has 2 rings (SSSR count). The SMILES string of the molecule is N#CCC(N)c1cccc2c1OCC2. The van der Waals surface area contributed by atoms with Gasteiger partial charge in [0.2, 0.25) is 0 Å². The van der Waals surface area contributed by atoms with Crippen molar-refractivity contribution in [3.63, 3.8) is 0 Å². The maximum Gasteiger partial charge on any atom is 0.127 e. The molecule has 0 amide bonds. The number of nitriles is 1. The number of rotatable bonds is 2. The number of benzene rings is 1. The average Bonchev–Trinajstić information content (AvgIpc) is 2.65. The minimum Gasteiger partial charge on any atom is -0.493 e. The van der Waals surface area contributed by atoms with Crippen LogP contribution in [0.25, 0.3) is 0 Å².